The second-order valence-electron chi connectivity index (χ2n) is 1.99. The molecule has 0 atom stereocenters. The van der Waals surface area contributed by atoms with Gasteiger partial charge in [-0.3, -0.25) is 4.79 Å². The first kappa shape index (κ1) is 8.08. The normalized spacial score (nSPS) is 8.33. The molecule has 0 fully saturated rings. The maximum Gasteiger partial charge on any atom is 0.352 e. The number of carbonyl (C=O) groups excluding carboxylic acids is 1. The van der Waals surface area contributed by atoms with E-state index in [4.69, 9.17) is 5.11 Å². The van der Waals surface area contributed by atoms with Crippen LogP contribution in [0.3, 0.4) is 0 Å². The highest BCUT2D eigenvalue weighted by molar-refractivity contribution is 5.86. The zero-order chi connectivity index (χ0) is 8.97. The number of hydrogen-bond donors (Lipinski definition) is 2. The van der Waals surface area contributed by atoms with Gasteiger partial charge in [0.25, 0.3) is 0 Å². The van der Waals surface area contributed by atoms with Gasteiger partial charge in [-0.1, -0.05) is 5.92 Å². The Hall–Kier alpha value is -2.02. The third-order valence-electron chi connectivity index (χ3n) is 1.19. The molecule has 0 aliphatic heterocycles. The van der Waals surface area contributed by atoms with Gasteiger partial charge in [0.1, 0.15) is 5.69 Å². The molecule has 0 aliphatic rings. The molecule has 0 amide bonds. The van der Waals surface area contributed by atoms with Gasteiger partial charge in [-0.25, -0.2) is 4.79 Å². The van der Waals surface area contributed by atoms with E-state index in [0.29, 0.717) is 11.8 Å². The number of aldehydes is 1. The second kappa shape index (κ2) is 3.39. The van der Waals surface area contributed by atoms with Crippen LogP contribution in [0.5, 0.6) is 0 Å². The molecule has 0 bridgehead atoms. The standard InChI is InChI=1S/C8H5NO3/c10-3-1-2-6-4-7(8(11)12)9-5-6/h3-5,9H,(H,11,12). The fourth-order valence-electron chi connectivity index (χ4n) is 0.703. The number of aromatic carboxylic acids is 1. The number of carbonyl (C=O) groups is 2. The molecule has 1 aromatic heterocycles. The van der Waals surface area contributed by atoms with Crippen LogP contribution in [0.4, 0.5) is 0 Å². The molecular weight excluding hydrogens is 158 g/mol. The van der Waals surface area contributed by atoms with Crippen LogP contribution in [0.25, 0.3) is 0 Å². The van der Waals surface area contributed by atoms with Crippen LogP contribution >= 0.6 is 0 Å². The largest absolute Gasteiger partial charge is 0.477 e. The van der Waals surface area contributed by atoms with Crippen LogP contribution in [0, 0.1) is 11.8 Å². The average molecular weight is 163 g/mol. The zero-order valence-corrected chi connectivity index (χ0v) is 6.00. The number of H-pyrrole nitrogens is 1. The van der Waals surface area contributed by atoms with Gasteiger partial charge in [0.15, 0.2) is 6.29 Å². The molecule has 0 aromatic carbocycles. The van der Waals surface area contributed by atoms with E-state index in [1.54, 1.807) is 0 Å². The molecule has 0 unspecified atom stereocenters. The summed E-state index contributed by atoms with van der Waals surface area (Å²) in [4.78, 5) is 22.7. The number of carboxylic acids is 1. The first-order valence-corrected chi connectivity index (χ1v) is 3.11. The van der Waals surface area contributed by atoms with E-state index in [-0.39, 0.29) is 5.69 Å². The molecule has 1 aromatic rings. The van der Waals surface area contributed by atoms with E-state index in [2.05, 4.69) is 16.8 Å². The summed E-state index contributed by atoms with van der Waals surface area (Å²) < 4.78 is 0. The molecule has 1 rings (SSSR count). The van der Waals surface area contributed by atoms with Gasteiger partial charge in [-0.05, 0) is 12.0 Å². The minimum Gasteiger partial charge on any atom is -0.477 e. The Morgan fingerprint density at radius 2 is 2.42 bits per heavy atom. The number of nitrogens with one attached hydrogen (secondary N) is 1. The van der Waals surface area contributed by atoms with Gasteiger partial charge in [0.2, 0.25) is 0 Å². The molecular formula is C8H5NO3. The third kappa shape index (κ3) is 1.73. The minimum atomic E-state index is -1.05. The SMILES string of the molecule is O=CC#Cc1c[nH]c(C(=O)O)c1. The molecule has 2 N–H and O–H groups in total. The third-order valence-corrected chi connectivity index (χ3v) is 1.19. The lowest BCUT2D eigenvalue weighted by Crippen LogP contribution is -1.94. The molecule has 60 valence electrons. The van der Waals surface area contributed by atoms with Gasteiger partial charge < -0.3 is 10.1 Å². The summed E-state index contributed by atoms with van der Waals surface area (Å²) >= 11 is 0. The van der Waals surface area contributed by atoms with Crippen molar-refractivity contribution in [1.29, 1.82) is 0 Å². The summed E-state index contributed by atoms with van der Waals surface area (Å²) in [5.41, 5.74) is 0.546. The second-order valence-corrected chi connectivity index (χ2v) is 1.99. The molecule has 0 saturated heterocycles. The number of hydrogen-bond acceptors (Lipinski definition) is 2. The van der Waals surface area contributed by atoms with E-state index in [0.717, 1.165) is 0 Å². The van der Waals surface area contributed by atoms with Crippen LogP contribution in [-0.2, 0) is 4.79 Å². The van der Waals surface area contributed by atoms with E-state index in [9.17, 15) is 9.59 Å². The molecule has 0 spiro atoms. The molecule has 0 saturated carbocycles. The van der Waals surface area contributed by atoms with Crippen LogP contribution in [0.15, 0.2) is 12.3 Å². The summed E-state index contributed by atoms with van der Waals surface area (Å²) in [5.74, 6) is 3.58. The molecule has 0 aliphatic carbocycles. The predicted molar refractivity (Wildman–Crippen MR) is 40.7 cm³/mol. The quantitative estimate of drug-likeness (QED) is 0.461. The van der Waals surface area contributed by atoms with Crippen molar-refractivity contribution in [2.24, 2.45) is 0 Å². The van der Waals surface area contributed by atoms with E-state index >= 15 is 0 Å². The summed E-state index contributed by atoms with van der Waals surface area (Å²) in [6.07, 6.45) is 1.88. The molecule has 12 heavy (non-hydrogen) atoms. The Morgan fingerprint density at radius 1 is 1.67 bits per heavy atom. The van der Waals surface area contributed by atoms with Crippen molar-refractivity contribution in [3.05, 3.63) is 23.5 Å². The molecule has 4 heteroatoms. The summed E-state index contributed by atoms with van der Waals surface area (Å²) in [7, 11) is 0. The number of aromatic amines is 1. The van der Waals surface area contributed by atoms with Gasteiger partial charge in [-0.2, -0.15) is 0 Å². The molecule has 0 radical (unpaired) electrons. The number of carboxylic acid groups (broad SMARTS) is 1. The maximum absolute atomic E-state index is 10.3. The van der Waals surface area contributed by atoms with Crippen LogP contribution in [0.2, 0.25) is 0 Å². The van der Waals surface area contributed by atoms with Crippen molar-refractivity contribution < 1.29 is 14.7 Å². The van der Waals surface area contributed by atoms with E-state index in [1.165, 1.54) is 12.3 Å². The topological polar surface area (TPSA) is 70.2 Å². The first-order valence-electron chi connectivity index (χ1n) is 3.11. The van der Waals surface area contributed by atoms with Crippen LogP contribution in [-0.4, -0.2) is 22.3 Å². The Labute approximate surface area is 68.2 Å². The predicted octanol–water partition coefficient (Wildman–Crippen LogP) is 0.263. The Balaban J connectivity index is 2.91. The smallest absolute Gasteiger partial charge is 0.352 e. The lowest BCUT2D eigenvalue weighted by molar-refractivity contribution is -0.103. The minimum absolute atomic E-state index is 0.0604. The van der Waals surface area contributed by atoms with Crippen molar-refractivity contribution in [3.8, 4) is 11.8 Å². The highest BCUT2D eigenvalue weighted by atomic mass is 16.4. The van der Waals surface area contributed by atoms with E-state index in [1.807, 2.05) is 0 Å². The Bertz CT molecular complexity index is 367. The summed E-state index contributed by atoms with van der Waals surface area (Å²) in [6.45, 7) is 0. The van der Waals surface area contributed by atoms with Crippen LogP contribution < -0.4 is 0 Å². The lowest BCUT2D eigenvalue weighted by atomic mass is 10.3. The zero-order valence-electron chi connectivity index (χ0n) is 6.00. The summed E-state index contributed by atoms with van der Waals surface area (Å²) in [5, 5.41) is 8.47. The van der Waals surface area contributed by atoms with Crippen molar-refractivity contribution in [3.63, 3.8) is 0 Å². The molecule has 4 nitrogen and oxygen atoms in total. The number of aromatic nitrogens is 1. The fourth-order valence-corrected chi connectivity index (χ4v) is 0.703. The Kier molecular flexibility index (Phi) is 2.29. The summed E-state index contributed by atoms with van der Waals surface area (Å²) in [6, 6.07) is 1.36. The van der Waals surface area contributed by atoms with Crippen molar-refractivity contribution in [2.75, 3.05) is 0 Å². The lowest BCUT2D eigenvalue weighted by Gasteiger charge is -1.81. The van der Waals surface area contributed by atoms with Gasteiger partial charge in [-0.15, -0.1) is 0 Å². The van der Waals surface area contributed by atoms with Crippen molar-refractivity contribution in [2.45, 2.75) is 0 Å². The maximum atomic E-state index is 10.3. The molecule has 1 heterocycles. The van der Waals surface area contributed by atoms with Crippen LogP contribution in [0.1, 0.15) is 16.1 Å². The monoisotopic (exact) mass is 163 g/mol. The number of rotatable bonds is 1. The first-order chi connectivity index (χ1) is 5.74. The highest BCUT2D eigenvalue weighted by Gasteiger charge is 2.03. The average Bonchev–Trinajstić information content (AvgIpc) is 2.48. The van der Waals surface area contributed by atoms with Gasteiger partial charge in [0, 0.05) is 11.8 Å². The van der Waals surface area contributed by atoms with Crippen molar-refractivity contribution in [1.82, 2.24) is 4.98 Å². The highest BCUT2D eigenvalue weighted by Crippen LogP contribution is 2.00. The van der Waals surface area contributed by atoms with Gasteiger partial charge >= 0.3 is 5.97 Å². The fraction of sp³-hybridized carbons (Fsp3) is 0. The van der Waals surface area contributed by atoms with E-state index < -0.39 is 5.97 Å². The van der Waals surface area contributed by atoms with Crippen molar-refractivity contribution >= 4 is 12.3 Å². The van der Waals surface area contributed by atoms with Gasteiger partial charge in [0.05, 0.1) is 0 Å². The Morgan fingerprint density at radius 3 is 2.92 bits per heavy atom.